The zero-order valence-corrected chi connectivity index (χ0v) is 25.6. The average molecular weight is 573 g/mol. The van der Waals surface area contributed by atoms with Gasteiger partial charge in [0.2, 0.25) is 0 Å². The molecule has 0 amide bonds. The van der Waals surface area contributed by atoms with E-state index in [0.717, 1.165) is 25.7 Å². The number of aliphatic hydroxyl groups excluding tert-OH is 1. The van der Waals surface area contributed by atoms with Gasteiger partial charge in [-0.05, 0) is 37.3 Å². The van der Waals surface area contributed by atoms with Gasteiger partial charge in [-0.15, -0.1) is 0 Å². The predicted octanol–water partition coefficient (Wildman–Crippen LogP) is 4.21. The van der Waals surface area contributed by atoms with Gasteiger partial charge < -0.3 is 24.8 Å². The number of carbonyl (C=O) groups is 3. The highest BCUT2D eigenvalue weighted by molar-refractivity contribution is 6.04. The average Bonchev–Trinajstić information content (AvgIpc) is 3.35. The predicted molar refractivity (Wildman–Crippen MR) is 153 cm³/mol. The molecular weight excluding hydrogens is 524 g/mol. The smallest absolute Gasteiger partial charge is 0.331 e. The minimum absolute atomic E-state index is 0.121. The van der Waals surface area contributed by atoms with Crippen molar-refractivity contribution in [2.24, 2.45) is 35.0 Å². The van der Waals surface area contributed by atoms with E-state index < -0.39 is 82.2 Å². The van der Waals surface area contributed by atoms with Gasteiger partial charge in [-0.3, -0.25) is 9.59 Å². The quantitative estimate of drug-likeness (QED) is 0.154. The largest absolute Gasteiger partial charge is 0.457 e. The Labute approximate surface area is 243 Å². The third kappa shape index (κ3) is 4.65. The van der Waals surface area contributed by atoms with Crippen LogP contribution in [0.4, 0.5) is 0 Å². The molecule has 2 saturated carbocycles. The van der Waals surface area contributed by atoms with Crippen molar-refractivity contribution in [3.63, 3.8) is 0 Å². The van der Waals surface area contributed by atoms with Crippen LogP contribution in [-0.2, 0) is 23.9 Å². The van der Waals surface area contributed by atoms with Gasteiger partial charge in [0.05, 0.1) is 18.1 Å². The van der Waals surface area contributed by atoms with E-state index in [1.54, 1.807) is 39.0 Å². The second kappa shape index (κ2) is 11.1. The summed E-state index contributed by atoms with van der Waals surface area (Å²) in [5.41, 5.74) is -4.88. The molecular formula is C33H48O8. The fourth-order valence-corrected chi connectivity index (χ4v) is 8.12. The van der Waals surface area contributed by atoms with Crippen LogP contribution in [0.15, 0.2) is 35.5 Å². The number of aliphatic hydroxyl groups is 3. The summed E-state index contributed by atoms with van der Waals surface area (Å²) in [6.45, 7) is 12.6. The monoisotopic (exact) mass is 572 g/mol. The molecule has 2 fully saturated rings. The maximum absolute atomic E-state index is 13.3. The second-order valence-corrected chi connectivity index (χ2v) is 13.4. The lowest BCUT2D eigenvalue weighted by atomic mass is 9.59. The highest BCUT2D eigenvalue weighted by atomic mass is 16.6. The summed E-state index contributed by atoms with van der Waals surface area (Å²) >= 11 is 0. The Morgan fingerprint density at radius 1 is 1.17 bits per heavy atom. The van der Waals surface area contributed by atoms with Gasteiger partial charge in [0.15, 0.2) is 11.4 Å². The number of Topliss-reactive ketones (excluding diaryl/α,β-unsaturated/α-hetero) is 1. The van der Waals surface area contributed by atoms with Crippen molar-refractivity contribution in [2.45, 2.75) is 110 Å². The molecule has 0 aromatic heterocycles. The van der Waals surface area contributed by atoms with E-state index in [1.807, 2.05) is 20.8 Å². The first-order valence-electron chi connectivity index (χ1n) is 15.3. The molecule has 0 unspecified atom stereocenters. The Bertz CT molecular complexity index is 1170. The standard InChI is InChI=1S/C33H48O8/c1-8-10-11-12-13-14-25(35)41-33-26(30(33,6)7)23-16-22(18-34)17-31(38)24(15-20(4)27(31)36)32(23,39)21(5)28(33)40-29(37)19(3)9-2/h13-16,19,21,23-24,26,28,34,38-39H,8-12,17-18H2,1-7H3/b14-13+/t19-,21-,23+,24-,26-,28-,31-,32-,33-/m1/s1. The summed E-state index contributed by atoms with van der Waals surface area (Å²) in [6.07, 6.45) is 9.86. The molecule has 0 aromatic rings. The van der Waals surface area contributed by atoms with Crippen LogP contribution >= 0.6 is 0 Å². The SMILES string of the molecule is CCCCC/C=C/C(=O)O[C@@]12[C@H](OC(=O)[C@H](C)CC)[C@@H](C)[C@@]3(O)[C@@H](C=C(CO)C[C@]4(O)C(=O)C(C)=C[C@@H]34)[C@@H]1C2(C)C. The molecule has 8 heteroatoms. The van der Waals surface area contributed by atoms with Crippen LogP contribution in [0.1, 0.15) is 87.0 Å². The van der Waals surface area contributed by atoms with Gasteiger partial charge in [0.25, 0.3) is 0 Å². The van der Waals surface area contributed by atoms with Gasteiger partial charge in [-0.2, -0.15) is 0 Å². The molecule has 41 heavy (non-hydrogen) atoms. The Balaban J connectivity index is 1.84. The normalized spacial score (nSPS) is 39.6. The molecule has 0 bridgehead atoms. The highest BCUT2D eigenvalue weighted by Gasteiger charge is 2.88. The minimum Gasteiger partial charge on any atom is -0.457 e. The van der Waals surface area contributed by atoms with E-state index in [-0.39, 0.29) is 6.42 Å². The number of ether oxygens (including phenoxy) is 2. The van der Waals surface area contributed by atoms with Crippen molar-refractivity contribution >= 4 is 17.7 Å². The summed E-state index contributed by atoms with van der Waals surface area (Å²) in [6, 6.07) is 0. The van der Waals surface area contributed by atoms with Crippen LogP contribution in [0, 0.1) is 35.0 Å². The number of unbranched alkanes of at least 4 members (excludes halogenated alkanes) is 3. The van der Waals surface area contributed by atoms with Crippen molar-refractivity contribution in [3.05, 3.63) is 35.5 Å². The zero-order valence-electron chi connectivity index (χ0n) is 25.6. The fraction of sp³-hybridized carbons (Fsp3) is 0.727. The molecule has 228 valence electrons. The third-order valence-corrected chi connectivity index (χ3v) is 10.7. The van der Waals surface area contributed by atoms with E-state index in [9.17, 15) is 29.7 Å². The van der Waals surface area contributed by atoms with Gasteiger partial charge in [-0.1, -0.05) is 72.6 Å². The number of allylic oxidation sites excluding steroid dienone is 1. The van der Waals surface area contributed by atoms with Gasteiger partial charge in [0, 0.05) is 41.6 Å². The summed E-state index contributed by atoms with van der Waals surface area (Å²) in [4.78, 5) is 39.8. The first-order chi connectivity index (χ1) is 19.2. The molecule has 0 aliphatic heterocycles. The maximum atomic E-state index is 13.3. The Kier molecular flexibility index (Phi) is 8.55. The van der Waals surface area contributed by atoms with Crippen molar-refractivity contribution < 1.29 is 39.2 Å². The molecule has 4 aliphatic rings. The Morgan fingerprint density at radius 3 is 2.46 bits per heavy atom. The van der Waals surface area contributed by atoms with Crippen LogP contribution < -0.4 is 0 Å². The lowest BCUT2D eigenvalue weighted by molar-refractivity contribution is -0.229. The lowest BCUT2D eigenvalue weighted by Crippen LogP contribution is -2.66. The summed E-state index contributed by atoms with van der Waals surface area (Å²) in [5.74, 6) is -4.92. The summed E-state index contributed by atoms with van der Waals surface area (Å²) < 4.78 is 12.5. The molecule has 8 nitrogen and oxygen atoms in total. The number of ketones is 1. The first kappa shape index (κ1) is 31.6. The van der Waals surface area contributed by atoms with E-state index in [1.165, 1.54) is 6.08 Å². The molecule has 0 spiro atoms. The molecule has 0 aromatic carbocycles. The highest BCUT2D eigenvalue weighted by Crippen LogP contribution is 2.77. The van der Waals surface area contributed by atoms with Gasteiger partial charge in [-0.25, -0.2) is 4.79 Å². The van der Waals surface area contributed by atoms with Crippen molar-refractivity contribution in [3.8, 4) is 0 Å². The molecule has 4 rings (SSSR count). The van der Waals surface area contributed by atoms with Crippen LogP contribution in [0.3, 0.4) is 0 Å². The van der Waals surface area contributed by atoms with Crippen LogP contribution in [0.5, 0.6) is 0 Å². The number of fused-ring (bicyclic) bond motifs is 5. The number of rotatable bonds is 10. The van der Waals surface area contributed by atoms with E-state index in [2.05, 4.69) is 6.92 Å². The van der Waals surface area contributed by atoms with Crippen molar-refractivity contribution in [1.29, 1.82) is 0 Å². The summed E-state index contributed by atoms with van der Waals surface area (Å²) in [7, 11) is 0. The van der Waals surface area contributed by atoms with E-state index >= 15 is 0 Å². The van der Waals surface area contributed by atoms with Crippen LogP contribution in [0.2, 0.25) is 0 Å². The van der Waals surface area contributed by atoms with Crippen LogP contribution in [-0.4, -0.2) is 62.6 Å². The zero-order chi connectivity index (χ0) is 30.5. The topological polar surface area (TPSA) is 130 Å². The molecule has 0 radical (unpaired) electrons. The van der Waals surface area contributed by atoms with Crippen LogP contribution in [0.25, 0.3) is 0 Å². The molecule has 0 heterocycles. The number of hydrogen-bond acceptors (Lipinski definition) is 8. The molecule has 9 atom stereocenters. The first-order valence-corrected chi connectivity index (χ1v) is 15.3. The van der Waals surface area contributed by atoms with E-state index in [0.29, 0.717) is 17.6 Å². The molecule has 3 N–H and O–H groups in total. The third-order valence-electron chi connectivity index (χ3n) is 10.7. The number of hydrogen-bond donors (Lipinski definition) is 3. The number of carbonyl (C=O) groups excluding carboxylic acids is 3. The van der Waals surface area contributed by atoms with Gasteiger partial charge >= 0.3 is 11.9 Å². The maximum Gasteiger partial charge on any atom is 0.331 e. The Hall–Kier alpha value is -2.29. The lowest BCUT2D eigenvalue weighted by Gasteiger charge is -2.53. The van der Waals surface area contributed by atoms with E-state index in [4.69, 9.17) is 9.47 Å². The number of esters is 2. The second-order valence-electron chi connectivity index (χ2n) is 13.4. The van der Waals surface area contributed by atoms with Gasteiger partial charge in [0.1, 0.15) is 11.7 Å². The molecule has 0 saturated heterocycles. The Morgan fingerprint density at radius 2 is 1.85 bits per heavy atom. The van der Waals surface area contributed by atoms with Crippen molar-refractivity contribution in [2.75, 3.05) is 6.61 Å². The molecule has 4 aliphatic carbocycles. The van der Waals surface area contributed by atoms with Crippen molar-refractivity contribution in [1.82, 2.24) is 0 Å². The minimum atomic E-state index is -1.95. The fourth-order valence-electron chi connectivity index (χ4n) is 8.12. The summed E-state index contributed by atoms with van der Waals surface area (Å²) in [5, 5.41) is 34.9.